The van der Waals surface area contributed by atoms with Gasteiger partial charge in [0.25, 0.3) is 0 Å². The van der Waals surface area contributed by atoms with E-state index in [1.54, 1.807) is 17.2 Å². The van der Waals surface area contributed by atoms with Crippen LogP contribution in [0.1, 0.15) is 52.0 Å². The summed E-state index contributed by atoms with van der Waals surface area (Å²) in [6.07, 6.45) is 5.64. The zero-order valence-electron chi connectivity index (χ0n) is 23.7. The Morgan fingerprint density at radius 3 is 2.35 bits per heavy atom. The third-order valence-electron chi connectivity index (χ3n) is 8.06. The van der Waals surface area contributed by atoms with Crippen molar-refractivity contribution in [2.75, 3.05) is 44.6 Å². The highest BCUT2D eigenvalue weighted by Crippen LogP contribution is 2.49. The number of carbonyl (C=O) groups is 2. The number of urea groups is 1. The van der Waals surface area contributed by atoms with Crippen LogP contribution in [0.15, 0.2) is 41.3 Å². The highest BCUT2D eigenvalue weighted by Gasteiger charge is 2.46. The molecule has 2 aliphatic heterocycles. The molecule has 40 heavy (non-hydrogen) atoms. The molecule has 1 aromatic carbocycles. The SMILES string of the molecule is CC(C)(C)OC(=O)NC1CC2(CCN(Cc3ccc(-n4ccc(NC(=O)N5CCNCC5)nc4=O)cc3)CC2)C1. The van der Waals surface area contributed by atoms with E-state index in [0.29, 0.717) is 18.5 Å². The van der Waals surface area contributed by atoms with Crippen molar-refractivity contribution >= 4 is 17.9 Å². The van der Waals surface area contributed by atoms with Crippen LogP contribution in [0.25, 0.3) is 5.69 Å². The van der Waals surface area contributed by atoms with Crippen molar-refractivity contribution in [1.29, 1.82) is 0 Å². The predicted octanol–water partition coefficient (Wildman–Crippen LogP) is 2.94. The van der Waals surface area contributed by atoms with Gasteiger partial charge in [0.15, 0.2) is 0 Å². The van der Waals surface area contributed by atoms with E-state index in [-0.39, 0.29) is 24.0 Å². The van der Waals surface area contributed by atoms with Crippen molar-refractivity contribution in [3.8, 4) is 5.69 Å². The smallest absolute Gasteiger partial charge is 0.407 e. The van der Waals surface area contributed by atoms with E-state index in [1.807, 2.05) is 32.9 Å². The molecule has 11 nitrogen and oxygen atoms in total. The molecular weight excluding hydrogens is 510 g/mol. The lowest BCUT2D eigenvalue weighted by molar-refractivity contribution is -0.00418. The van der Waals surface area contributed by atoms with E-state index in [1.165, 1.54) is 10.1 Å². The molecule has 5 rings (SSSR count). The van der Waals surface area contributed by atoms with Crippen LogP contribution in [-0.4, -0.2) is 82.4 Å². The topological polar surface area (TPSA) is 121 Å². The van der Waals surface area contributed by atoms with Gasteiger partial charge in [0.1, 0.15) is 11.4 Å². The molecule has 0 radical (unpaired) electrons. The Kier molecular flexibility index (Phi) is 8.14. The van der Waals surface area contributed by atoms with Crippen molar-refractivity contribution < 1.29 is 14.3 Å². The fourth-order valence-corrected chi connectivity index (χ4v) is 5.90. The maximum absolute atomic E-state index is 12.7. The van der Waals surface area contributed by atoms with Gasteiger partial charge in [0.2, 0.25) is 0 Å². The van der Waals surface area contributed by atoms with Crippen molar-refractivity contribution in [1.82, 2.24) is 30.0 Å². The molecule has 0 unspecified atom stereocenters. The third kappa shape index (κ3) is 7.00. The average molecular weight is 552 g/mol. The predicted molar refractivity (Wildman–Crippen MR) is 153 cm³/mol. The first kappa shape index (κ1) is 28.1. The molecule has 1 aromatic heterocycles. The Bertz CT molecular complexity index is 1250. The van der Waals surface area contributed by atoms with E-state index in [9.17, 15) is 14.4 Å². The van der Waals surface area contributed by atoms with Gasteiger partial charge in [-0.2, -0.15) is 4.98 Å². The lowest BCUT2D eigenvalue weighted by Gasteiger charge is -2.52. The van der Waals surface area contributed by atoms with Crippen LogP contribution >= 0.6 is 0 Å². The molecule has 3 amide bonds. The highest BCUT2D eigenvalue weighted by molar-refractivity contribution is 5.88. The number of alkyl carbamates (subject to hydrolysis) is 1. The first-order chi connectivity index (χ1) is 19.1. The van der Waals surface area contributed by atoms with Gasteiger partial charge in [0.05, 0.1) is 5.69 Å². The summed E-state index contributed by atoms with van der Waals surface area (Å²) in [4.78, 5) is 45.4. The van der Waals surface area contributed by atoms with Crippen molar-refractivity contribution in [3.63, 3.8) is 0 Å². The van der Waals surface area contributed by atoms with Crippen molar-refractivity contribution in [3.05, 3.63) is 52.6 Å². The number of rotatable bonds is 5. The van der Waals surface area contributed by atoms with Crippen LogP contribution in [-0.2, 0) is 11.3 Å². The van der Waals surface area contributed by atoms with Gasteiger partial charge >= 0.3 is 17.8 Å². The van der Waals surface area contributed by atoms with Crippen LogP contribution in [0, 0.1) is 5.41 Å². The van der Waals surface area contributed by atoms with Crippen LogP contribution < -0.4 is 21.6 Å². The first-order valence-electron chi connectivity index (χ1n) is 14.3. The Labute approximate surface area is 235 Å². The summed E-state index contributed by atoms with van der Waals surface area (Å²) in [7, 11) is 0. The Morgan fingerprint density at radius 1 is 1.05 bits per heavy atom. The van der Waals surface area contributed by atoms with Crippen LogP contribution in [0.5, 0.6) is 0 Å². The molecule has 11 heteroatoms. The number of anilines is 1. The number of amides is 3. The molecule has 2 saturated heterocycles. The standard InChI is InChI=1S/C29H41N7O4/c1-28(2,3)40-27(39)31-22-18-29(19-22)9-14-34(15-10-29)20-21-4-6-23(7-5-21)36-13-8-24(33-26(36)38)32-25(37)35-16-11-30-12-17-35/h4-8,13,22,30H,9-12,14-20H2,1-3H3,(H,31,39)(H,32,33,37,38). The average Bonchev–Trinajstić information content (AvgIpc) is 2.89. The quantitative estimate of drug-likeness (QED) is 0.523. The molecule has 3 N–H and O–H groups in total. The number of hydrogen-bond donors (Lipinski definition) is 3. The van der Waals surface area contributed by atoms with E-state index in [4.69, 9.17) is 4.74 Å². The van der Waals surface area contributed by atoms with Gasteiger partial charge in [-0.25, -0.2) is 14.4 Å². The van der Waals surface area contributed by atoms with Crippen molar-refractivity contribution in [2.45, 2.75) is 64.6 Å². The summed E-state index contributed by atoms with van der Waals surface area (Å²) in [6, 6.07) is 9.58. The molecule has 216 valence electrons. The fraction of sp³-hybridized carbons (Fsp3) is 0.586. The number of piperazine rings is 1. The second-order valence-electron chi connectivity index (χ2n) is 12.3. The Hall–Kier alpha value is -3.44. The number of nitrogens with zero attached hydrogens (tertiary/aromatic N) is 4. The second kappa shape index (κ2) is 11.6. The molecule has 3 fully saturated rings. The molecule has 3 aliphatic rings. The zero-order valence-corrected chi connectivity index (χ0v) is 23.7. The van der Waals surface area contributed by atoms with E-state index in [0.717, 1.165) is 64.1 Å². The molecule has 2 aromatic rings. The number of aromatic nitrogens is 2. The minimum atomic E-state index is -0.476. The van der Waals surface area contributed by atoms with Gasteiger partial charge in [0, 0.05) is 45.0 Å². The van der Waals surface area contributed by atoms with Gasteiger partial charge in [-0.15, -0.1) is 0 Å². The third-order valence-corrected chi connectivity index (χ3v) is 8.06. The fourth-order valence-electron chi connectivity index (χ4n) is 5.90. The zero-order chi connectivity index (χ0) is 28.3. The van der Waals surface area contributed by atoms with Gasteiger partial charge in [-0.1, -0.05) is 12.1 Å². The number of carbonyl (C=O) groups excluding carboxylic acids is 2. The van der Waals surface area contributed by atoms with E-state index in [2.05, 4.69) is 38.0 Å². The Morgan fingerprint density at radius 2 is 1.73 bits per heavy atom. The second-order valence-corrected chi connectivity index (χ2v) is 12.3. The molecule has 3 heterocycles. The van der Waals surface area contributed by atoms with Crippen LogP contribution in [0.3, 0.4) is 0 Å². The summed E-state index contributed by atoms with van der Waals surface area (Å²) in [5.41, 5.74) is 1.35. The summed E-state index contributed by atoms with van der Waals surface area (Å²) in [5.74, 6) is 0.252. The monoisotopic (exact) mass is 551 g/mol. The van der Waals surface area contributed by atoms with Gasteiger partial charge in [-0.3, -0.25) is 14.8 Å². The number of likely N-dealkylation sites (tertiary alicyclic amines) is 1. The van der Waals surface area contributed by atoms with E-state index >= 15 is 0 Å². The summed E-state index contributed by atoms with van der Waals surface area (Å²) < 4.78 is 6.87. The molecular formula is C29H41N7O4. The van der Waals surface area contributed by atoms with Gasteiger partial charge in [-0.05, 0) is 88.7 Å². The van der Waals surface area contributed by atoms with E-state index < -0.39 is 11.3 Å². The number of benzene rings is 1. The van der Waals surface area contributed by atoms with Crippen LogP contribution in [0.4, 0.5) is 15.4 Å². The lowest BCUT2D eigenvalue weighted by atomic mass is 9.60. The molecule has 0 atom stereocenters. The number of ether oxygens (including phenoxy) is 1. The van der Waals surface area contributed by atoms with Gasteiger partial charge < -0.3 is 20.3 Å². The summed E-state index contributed by atoms with van der Waals surface area (Å²) in [6.45, 7) is 11.3. The maximum Gasteiger partial charge on any atom is 0.407 e. The van der Waals surface area contributed by atoms with Crippen LogP contribution in [0.2, 0.25) is 0 Å². The maximum atomic E-state index is 12.7. The molecule has 0 bridgehead atoms. The summed E-state index contributed by atoms with van der Waals surface area (Å²) >= 11 is 0. The molecule has 1 aliphatic carbocycles. The number of piperidine rings is 1. The Balaban J connectivity index is 1.08. The van der Waals surface area contributed by atoms with Crippen molar-refractivity contribution in [2.24, 2.45) is 5.41 Å². The first-order valence-corrected chi connectivity index (χ1v) is 14.3. The number of nitrogens with one attached hydrogen (secondary N) is 3. The highest BCUT2D eigenvalue weighted by atomic mass is 16.6. The largest absolute Gasteiger partial charge is 0.444 e. The molecule has 1 saturated carbocycles. The normalized spacial score (nSPS) is 19.6. The lowest BCUT2D eigenvalue weighted by Crippen LogP contribution is -2.55. The minimum Gasteiger partial charge on any atom is -0.444 e. The molecule has 1 spiro atoms. The summed E-state index contributed by atoms with van der Waals surface area (Å²) in [5, 5.41) is 8.95. The number of hydrogen-bond acceptors (Lipinski definition) is 7. The minimum absolute atomic E-state index is 0.212.